The van der Waals surface area contributed by atoms with Crippen LogP contribution in [0.5, 0.6) is 0 Å². The van der Waals surface area contributed by atoms with Crippen LogP contribution in [0.2, 0.25) is 0 Å². The van der Waals surface area contributed by atoms with Crippen LogP contribution in [0.4, 0.5) is 0 Å². The Morgan fingerprint density at radius 2 is 2.00 bits per heavy atom. The Hall–Kier alpha value is -0.900. The Labute approximate surface area is 96.6 Å². The molecule has 2 unspecified atom stereocenters. The van der Waals surface area contributed by atoms with Crippen LogP contribution >= 0.6 is 0 Å². The number of β-amino-alcohol motifs (C(OH)–C–C–N with tert-alkyl or cyclic N) is 1. The summed E-state index contributed by atoms with van der Waals surface area (Å²) in [5.41, 5.74) is -0.605. The van der Waals surface area contributed by atoms with Crippen LogP contribution in [-0.4, -0.2) is 34.5 Å². The lowest BCUT2D eigenvalue weighted by Gasteiger charge is -2.23. The van der Waals surface area contributed by atoms with Crippen molar-refractivity contribution in [2.24, 2.45) is 11.3 Å². The number of hydrogen-bond donors (Lipinski definition) is 1. The molecule has 0 spiro atoms. The maximum absolute atomic E-state index is 11.9. The van der Waals surface area contributed by atoms with Crippen LogP contribution in [0.15, 0.2) is 0 Å². The molecule has 2 amide bonds. The lowest BCUT2D eigenvalue weighted by atomic mass is 9.92. The first-order chi connectivity index (χ1) is 7.29. The van der Waals surface area contributed by atoms with E-state index in [0.29, 0.717) is 0 Å². The summed E-state index contributed by atoms with van der Waals surface area (Å²) >= 11 is 0. The molecule has 92 valence electrons. The van der Waals surface area contributed by atoms with E-state index >= 15 is 0 Å². The van der Waals surface area contributed by atoms with Crippen molar-refractivity contribution in [1.82, 2.24) is 4.90 Å². The lowest BCUT2D eigenvalue weighted by Crippen LogP contribution is -2.40. The van der Waals surface area contributed by atoms with E-state index in [1.807, 2.05) is 13.8 Å². The van der Waals surface area contributed by atoms with Crippen molar-refractivity contribution in [1.29, 1.82) is 0 Å². The van der Waals surface area contributed by atoms with Crippen molar-refractivity contribution in [2.75, 3.05) is 6.54 Å². The monoisotopic (exact) mass is 227 g/mol. The largest absolute Gasteiger partial charge is 0.391 e. The lowest BCUT2D eigenvalue weighted by molar-refractivity contribution is -0.142. The highest BCUT2D eigenvalue weighted by Crippen LogP contribution is 2.31. The van der Waals surface area contributed by atoms with E-state index in [2.05, 4.69) is 0 Å². The number of aliphatic hydroxyl groups excluding tert-OH is 1. The summed E-state index contributed by atoms with van der Waals surface area (Å²) in [4.78, 5) is 24.7. The Balaban J connectivity index is 2.69. The number of rotatable bonds is 4. The third-order valence-corrected chi connectivity index (χ3v) is 3.39. The average molecular weight is 227 g/mol. The van der Waals surface area contributed by atoms with Gasteiger partial charge < -0.3 is 5.11 Å². The number of aliphatic hydroxyl groups is 1. The molecule has 1 rings (SSSR count). The zero-order valence-electron chi connectivity index (χ0n) is 10.5. The summed E-state index contributed by atoms with van der Waals surface area (Å²) in [5.74, 6) is -0.235. The molecule has 0 bridgehead atoms. The standard InChI is InChI=1S/C12H21NO3/c1-5-8(2)9(14)7-13-10(15)6-12(3,4)11(13)16/h8-9,14H,5-7H2,1-4H3. The molecule has 4 nitrogen and oxygen atoms in total. The number of carbonyl (C=O) groups is 2. The van der Waals surface area contributed by atoms with Crippen LogP contribution < -0.4 is 0 Å². The van der Waals surface area contributed by atoms with E-state index in [9.17, 15) is 14.7 Å². The van der Waals surface area contributed by atoms with E-state index in [4.69, 9.17) is 0 Å². The second-order valence-electron chi connectivity index (χ2n) is 5.32. The average Bonchev–Trinajstić information content (AvgIpc) is 2.39. The van der Waals surface area contributed by atoms with E-state index < -0.39 is 11.5 Å². The van der Waals surface area contributed by atoms with E-state index in [0.717, 1.165) is 6.42 Å². The second-order valence-corrected chi connectivity index (χ2v) is 5.32. The molecule has 2 atom stereocenters. The zero-order valence-corrected chi connectivity index (χ0v) is 10.5. The van der Waals surface area contributed by atoms with Crippen LogP contribution in [0.1, 0.15) is 40.5 Å². The van der Waals surface area contributed by atoms with Crippen LogP contribution in [0.3, 0.4) is 0 Å². The fourth-order valence-corrected chi connectivity index (χ4v) is 1.85. The fraction of sp³-hybridized carbons (Fsp3) is 0.833. The van der Waals surface area contributed by atoms with Gasteiger partial charge in [-0.15, -0.1) is 0 Å². The second kappa shape index (κ2) is 4.53. The van der Waals surface area contributed by atoms with E-state index in [1.54, 1.807) is 13.8 Å². The van der Waals surface area contributed by atoms with Gasteiger partial charge in [0.25, 0.3) is 0 Å². The van der Waals surface area contributed by atoms with Gasteiger partial charge in [0.2, 0.25) is 11.8 Å². The molecule has 0 radical (unpaired) electrons. The van der Waals surface area contributed by atoms with Gasteiger partial charge in [0.1, 0.15) is 0 Å². The Bertz CT molecular complexity index is 299. The van der Waals surface area contributed by atoms with Gasteiger partial charge in [0, 0.05) is 6.42 Å². The van der Waals surface area contributed by atoms with Gasteiger partial charge in [-0.1, -0.05) is 34.1 Å². The SMILES string of the molecule is CCC(C)C(O)CN1C(=O)CC(C)(C)C1=O. The zero-order chi connectivity index (χ0) is 12.5. The first kappa shape index (κ1) is 13.2. The van der Waals surface area contributed by atoms with E-state index in [1.165, 1.54) is 4.90 Å². The molecule has 1 fully saturated rings. The van der Waals surface area contributed by atoms with Gasteiger partial charge in [0.05, 0.1) is 18.1 Å². The van der Waals surface area contributed by atoms with Gasteiger partial charge >= 0.3 is 0 Å². The van der Waals surface area contributed by atoms with Crippen LogP contribution in [-0.2, 0) is 9.59 Å². The predicted molar refractivity (Wildman–Crippen MR) is 60.6 cm³/mol. The molecule has 16 heavy (non-hydrogen) atoms. The van der Waals surface area contributed by atoms with Crippen LogP contribution in [0.25, 0.3) is 0 Å². The minimum absolute atomic E-state index is 0.101. The smallest absolute Gasteiger partial charge is 0.235 e. The first-order valence-electron chi connectivity index (χ1n) is 5.82. The van der Waals surface area contributed by atoms with Gasteiger partial charge in [-0.25, -0.2) is 0 Å². The molecule has 1 N–H and O–H groups in total. The summed E-state index contributed by atoms with van der Waals surface area (Å²) in [7, 11) is 0. The molecule has 0 aromatic carbocycles. The maximum Gasteiger partial charge on any atom is 0.235 e. The van der Waals surface area contributed by atoms with Crippen molar-refractivity contribution in [3.63, 3.8) is 0 Å². The summed E-state index contributed by atoms with van der Waals surface area (Å²) in [6.45, 7) is 7.56. The predicted octanol–water partition coefficient (Wildman–Crippen LogP) is 1.18. The minimum Gasteiger partial charge on any atom is -0.391 e. The summed E-state index contributed by atoms with van der Waals surface area (Å²) < 4.78 is 0. The van der Waals surface area contributed by atoms with Crippen molar-refractivity contribution in [2.45, 2.75) is 46.6 Å². The normalized spacial score (nSPS) is 23.7. The molecule has 1 aliphatic heterocycles. The fourth-order valence-electron chi connectivity index (χ4n) is 1.85. The Morgan fingerprint density at radius 3 is 2.38 bits per heavy atom. The van der Waals surface area contributed by atoms with Crippen molar-refractivity contribution < 1.29 is 14.7 Å². The molecule has 0 aromatic heterocycles. The van der Waals surface area contributed by atoms with Crippen molar-refractivity contribution >= 4 is 11.8 Å². The number of carbonyl (C=O) groups excluding carboxylic acids is 2. The Morgan fingerprint density at radius 1 is 1.44 bits per heavy atom. The molecule has 0 aliphatic carbocycles. The molecule has 1 heterocycles. The molecular weight excluding hydrogens is 206 g/mol. The highest BCUT2D eigenvalue weighted by Gasteiger charge is 2.45. The molecule has 1 saturated heterocycles. The van der Waals surface area contributed by atoms with Gasteiger partial charge in [0.15, 0.2) is 0 Å². The third kappa shape index (κ3) is 2.43. The molecule has 1 aliphatic rings. The number of nitrogens with zero attached hydrogens (tertiary/aromatic N) is 1. The Kier molecular flexibility index (Phi) is 3.73. The van der Waals surface area contributed by atoms with Gasteiger partial charge in [-0.3, -0.25) is 14.5 Å². The molecule has 0 saturated carbocycles. The summed E-state index contributed by atoms with van der Waals surface area (Å²) in [6.07, 6.45) is 0.464. The summed E-state index contributed by atoms with van der Waals surface area (Å²) in [6, 6.07) is 0. The first-order valence-corrected chi connectivity index (χ1v) is 5.82. The van der Waals surface area contributed by atoms with E-state index in [-0.39, 0.29) is 30.7 Å². The quantitative estimate of drug-likeness (QED) is 0.734. The number of hydrogen-bond acceptors (Lipinski definition) is 3. The minimum atomic E-state index is -0.619. The van der Waals surface area contributed by atoms with Crippen molar-refractivity contribution in [3.8, 4) is 0 Å². The van der Waals surface area contributed by atoms with Gasteiger partial charge in [-0.05, 0) is 5.92 Å². The summed E-state index contributed by atoms with van der Waals surface area (Å²) in [5, 5.41) is 9.84. The highest BCUT2D eigenvalue weighted by atomic mass is 16.3. The van der Waals surface area contributed by atoms with Crippen LogP contribution in [0, 0.1) is 11.3 Å². The number of imide groups is 1. The molecule has 4 heteroatoms. The number of amides is 2. The maximum atomic E-state index is 11.9. The molecule has 0 aromatic rings. The topological polar surface area (TPSA) is 57.6 Å². The third-order valence-electron chi connectivity index (χ3n) is 3.39. The van der Waals surface area contributed by atoms with Crippen molar-refractivity contribution in [3.05, 3.63) is 0 Å². The number of likely N-dealkylation sites (tertiary alicyclic amines) is 1. The highest BCUT2D eigenvalue weighted by molar-refractivity contribution is 6.05. The molecular formula is C12H21NO3. The van der Waals surface area contributed by atoms with Gasteiger partial charge in [-0.2, -0.15) is 0 Å².